The molecule has 0 aliphatic heterocycles. The molecule has 0 aliphatic rings. The van der Waals surface area contributed by atoms with E-state index in [1.54, 1.807) is 0 Å². The van der Waals surface area contributed by atoms with Crippen LogP contribution in [0.1, 0.15) is 59.3 Å². The zero-order valence-corrected chi connectivity index (χ0v) is 16.9. The summed E-state index contributed by atoms with van der Waals surface area (Å²) in [5.41, 5.74) is 0. The molecule has 6 nitrogen and oxygen atoms in total. The molecule has 0 heterocycles. The number of hydrogen-bond donors (Lipinski definition) is 1. The van der Waals surface area contributed by atoms with Crippen LogP contribution in [0.25, 0.3) is 0 Å². The zero-order chi connectivity index (χ0) is 13.0. The molecule has 20 heavy (non-hydrogen) atoms. The first-order chi connectivity index (χ1) is 8.18. The summed E-state index contributed by atoms with van der Waals surface area (Å²) in [7, 11) is -3.31. The molecular weight excluding hydrogens is 455 g/mol. The SMILES string of the molecule is CCCCOP(=O)(OCCCC)OCCCC.[NH4+].[OH-].[Re]. The largest absolute Gasteiger partial charge is 0.870 e. The standard InChI is InChI=1S/C12H27O4P.H3N.H2O.Re/c1-4-7-10-14-17(13,15-11-8-5-2)16-12-9-6-3;;;/h4-12H2,1-3H3;1H3;1H2;. The Hall–Kier alpha value is 0.692. The van der Waals surface area contributed by atoms with Gasteiger partial charge in [0, 0.05) is 20.4 Å². The van der Waals surface area contributed by atoms with E-state index in [2.05, 4.69) is 20.8 Å². The van der Waals surface area contributed by atoms with Gasteiger partial charge in [0.2, 0.25) is 0 Å². The van der Waals surface area contributed by atoms with E-state index in [1.165, 1.54) is 0 Å². The molecule has 0 unspecified atom stereocenters. The van der Waals surface area contributed by atoms with Crippen LogP contribution in [0.3, 0.4) is 0 Å². The molecule has 0 aromatic carbocycles. The van der Waals surface area contributed by atoms with Gasteiger partial charge in [0.05, 0.1) is 19.8 Å². The minimum atomic E-state index is -3.31. The van der Waals surface area contributed by atoms with E-state index in [0.717, 1.165) is 38.5 Å². The average molecular weight is 488 g/mol. The van der Waals surface area contributed by atoms with E-state index in [9.17, 15) is 4.57 Å². The third-order valence-corrected chi connectivity index (χ3v) is 3.74. The topological polar surface area (TPSA) is 111 Å². The van der Waals surface area contributed by atoms with E-state index in [1.807, 2.05) is 0 Å². The quantitative estimate of drug-likeness (QED) is 0.316. The van der Waals surface area contributed by atoms with E-state index in [0.29, 0.717) is 19.8 Å². The first-order valence-corrected chi connectivity index (χ1v) is 8.18. The van der Waals surface area contributed by atoms with E-state index in [4.69, 9.17) is 13.6 Å². The van der Waals surface area contributed by atoms with Crippen LogP contribution in [0.2, 0.25) is 0 Å². The van der Waals surface area contributed by atoms with E-state index in [-0.39, 0.29) is 32.0 Å². The Balaban J connectivity index is -0.000000427. The van der Waals surface area contributed by atoms with Gasteiger partial charge in [0.25, 0.3) is 0 Å². The van der Waals surface area contributed by atoms with Crippen LogP contribution in [-0.2, 0) is 38.6 Å². The second kappa shape index (κ2) is 19.7. The van der Waals surface area contributed by atoms with Crippen molar-refractivity contribution in [2.24, 2.45) is 0 Å². The van der Waals surface area contributed by atoms with Gasteiger partial charge in [0.1, 0.15) is 0 Å². The first-order valence-electron chi connectivity index (χ1n) is 6.72. The fourth-order valence-corrected chi connectivity index (χ4v) is 2.36. The van der Waals surface area contributed by atoms with Crippen LogP contribution in [-0.4, -0.2) is 25.3 Å². The smallest absolute Gasteiger partial charge is 0.474 e. The average Bonchev–Trinajstić information content (AvgIpc) is 2.30. The fourth-order valence-electron chi connectivity index (χ4n) is 1.07. The Morgan fingerprint density at radius 3 is 1.20 bits per heavy atom. The zero-order valence-electron chi connectivity index (χ0n) is 13.3. The summed E-state index contributed by atoms with van der Waals surface area (Å²) in [6, 6.07) is 0. The third-order valence-electron chi connectivity index (χ3n) is 2.24. The molecule has 0 saturated carbocycles. The predicted octanol–water partition coefficient (Wildman–Crippen LogP) is 4.74. The van der Waals surface area contributed by atoms with Gasteiger partial charge >= 0.3 is 7.82 Å². The van der Waals surface area contributed by atoms with Crippen molar-refractivity contribution in [2.75, 3.05) is 19.8 Å². The van der Waals surface area contributed by atoms with Crippen LogP contribution in [0.15, 0.2) is 0 Å². The van der Waals surface area contributed by atoms with E-state index >= 15 is 0 Å². The molecule has 8 heteroatoms. The van der Waals surface area contributed by atoms with Crippen molar-refractivity contribution in [3.63, 3.8) is 0 Å². The maximum absolute atomic E-state index is 12.2. The molecule has 0 fully saturated rings. The molecule has 0 rings (SSSR count). The van der Waals surface area contributed by atoms with Gasteiger partial charge in [-0.2, -0.15) is 0 Å². The number of rotatable bonds is 12. The Morgan fingerprint density at radius 2 is 1.00 bits per heavy atom. The summed E-state index contributed by atoms with van der Waals surface area (Å²) in [6.07, 6.45) is 5.63. The van der Waals surface area contributed by atoms with Crippen LogP contribution in [0.5, 0.6) is 0 Å². The molecule has 1 radical (unpaired) electrons. The molecule has 0 amide bonds. The maximum Gasteiger partial charge on any atom is 0.474 e. The number of phosphoric acid groups is 1. The normalized spacial score (nSPS) is 10.2. The van der Waals surface area contributed by atoms with Gasteiger partial charge < -0.3 is 11.6 Å². The number of hydrogen-bond acceptors (Lipinski definition) is 5. The van der Waals surface area contributed by atoms with Crippen molar-refractivity contribution in [3.05, 3.63) is 0 Å². The van der Waals surface area contributed by atoms with Gasteiger partial charge in [0.15, 0.2) is 0 Å². The van der Waals surface area contributed by atoms with Gasteiger partial charge in [-0.25, -0.2) is 4.57 Å². The van der Waals surface area contributed by atoms with Crippen LogP contribution in [0.4, 0.5) is 0 Å². The summed E-state index contributed by atoms with van der Waals surface area (Å²) in [6.45, 7) is 7.49. The molecule has 0 bridgehead atoms. The maximum atomic E-state index is 12.2. The predicted molar refractivity (Wildman–Crippen MR) is 78.1 cm³/mol. The summed E-state index contributed by atoms with van der Waals surface area (Å²) in [5, 5.41) is 0. The van der Waals surface area contributed by atoms with Gasteiger partial charge in [-0.15, -0.1) is 0 Å². The number of phosphoric ester groups is 1. The number of unbranched alkanes of at least 4 members (excludes halogenated alkanes) is 3. The number of quaternary nitrogens is 1. The van der Waals surface area contributed by atoms with Gasteiger partial charge in [-0.05, 0) is 19.3 Å². The van der Waals surface area contributed by atoms with Gasteiger partial charge in [-0.1, -0.05) is 40.0 Å². The summed E-state index contributed by atoms with van der Waals surface area (Å²) < 4.78 is 28.0. The minimum Gasteiger partial charge on any atom is -0.870 e. The van der Waals surface area contributed by atoms with Crippen LogP contribution >= 0.6 is 7.82 Å². The van der Waals surface area contributed by atoms with Crippen molar-refractivity contribution < 1.29 is 44.0 Å². The monoisotopic (exact) mass is 488 g/mol. The van der Waals surface area contributed by atoms with E-state index < -0.39 is 7.82 Å². The van der Waals surface area contributed by atoms with Crippen molar-refractivity contribution in [1.82, 2.24) is 6.15 Å². The second-order valence-corrected chi connectivity index (χ2v) is 5.68. The molecule has 0 aromatic heterocycles. The molecule has 127 valence electrons. The molecule has 5 N–H and O–H groups in total. The van der Waals surface area contributed by atoms with Crippen molar-refractivity contribution in [2.45, 2.75) is 59.3 Å². The fraction of sp³-hybridized carbons (Fsp3) is 1.00. The third kappa shape index (κ3) is 16.7. The summed E-state index contributed by atoms with van der Waals surface area (Å²) >= 11 is 0. The van der Waals surface area contributed by atoms with Crippen molar-refractivity contribution >= 4 is 7.82 Å². The van der Waals surface area contributed by atoms with Gasteiger partial charge in [-0.3, -0.25) is 13.6 Å². The van der Waals surface area contributed by atoms with Crippen molar-refractivity contribution in [3.8, 4) is 0 Å². The molecule has 0 aliphatic carbocycles. The summed E-state index contributed by atoms with van der Waals surface area (Å²) in [5.74, 6) is 0. The second-order valence-electron chi connectivity index (χ2n) is 4.01. The molecule has 0 spiro atoms. The van der Waals surface area contributed by atoms with Crippen LogP contribution in [0, 0.1) is 0 Å². The summed E-state index contributed by atoms with van der Waals surface area (Å²) in [4.78, 5) is 0. The van der Waals surface area contributed by atoms with Crippen LogP contribution < -0.4 is 6.15 Å². The Labute approximate surface area is 137 Å². The molecular formula is C12H32NO5PRe. The Morgan fingerprint density at radius 1 is 0.750 bits per heavy atom. The Kier molecular flexibility index (Phi) is 28.4. The molecule has 0 atom stereocenters. The molecule has 0 saturated heterocycles. The van der Waals surface area contributed by atoms with Crippen molar-refractivity contribution in [1.29, 1.82) is 0 Å². The minimum absolute atomic E-state index is 0. The first kappa shape index (κ1) is 28.8. The Bertz CT molecular complexity index is 189. The molecule has 0 aromatic rings.